The molecule has 0 fully saturated rings. The molecule has 0 spiro atoms. The van der Waals surface area contributed by atoms with Crippen molar-refractivity contribution >= 4 is 28.9 Å². The smallest absolute Gasteiger partial charge is 0.249 e. The van der Waals surface area contributed by atoms with E-state index in [-0.39, 0.29) is 11.8 Å². The molecule has 6 heteroatoms. The number of methoxy groups -OCH3 is 1. The highest BCUT2D eigenvalue weighted by atomic mass is 16.5. The number of carbonyl (C=O) groups excluding carboxylic acids is 2. The van der Waals surface area contributed by atoms with Crippen molar-refractivity contribution < 1.29 is 14.3 Å². The van der Waals surface area contributed by atoms with Crippen LogP contribution in [0.3, 0.4) is 0 Å². The molecule has 136 valence electrons. The van der Waals surface area contributed by atoms with Crippen LogP contribution in [0.4, 0.5) is 17.1 Å². The second-order valence-electron chi connectivity index (χ2n) is 6.33. The van der Waals surface area contributed by atoms with Crippen LogP contribution in [0.5, 0.6) is 5.75 Å². The number of hydrogen-bond donors (Lipinski definition) is 2. The first-order chi connectivity index (χ1) is 12.5. The molecule has 0 aliphatic carbocycles. The molecule has 0 bridgehead atoms. The number of anilines is 3. The Morgan fingerprint density at radius 2 is 1.96 bits per heavy atom. The Kier molecular flexibility index (Phi) is 5.11. The number of ether oxygens (including phenoxy) is 1. The Bertz CT molecular complexity index is 835. The minimum atomic E-state index is -0.442. The van der Waals surface area contributed by atoms with E-state index in [0.717, 1.165) is 12.1 Å². The van der Waals surface area contributed by atoms with Crippen LogP contribution in [0.1, 0.15) is 19.4 Å². The van der Waals surface area contributed by atoms with Crippen molar-refractivity contribution in [1.29, 1.82) is 0 Å². The standard InChI is InChI=1S/C20H23N3O3/c1-13(20(25)23-11-10-15-6-4-5-7-18(15)23)21-17-12-16(22-14(2)24)8-9-19(17)26-3/h4-9,12-13,21H,10-11H2,1-3H3,(H,22,24)/t13-/m1/s1. The molecule has 1 atom stereocenters. The van der Waals surface area contributed by atoms with Gasteiger partial charge in [0.1, 0.15) is 11.8 Å². The molecule has 26 heavy (non-hydrogen) atoms. The zero-order chi connectivity index (χ0) is 18.7. The summed E-state index contributed by atoms with van der Waals surface area (Å²) in [5, 5.41) is 5.95. The van der Waals surface area contributed by atoms with Gasteiger partial charge in [0.25, 0.3) is 0 Å². The first-order valence-electron chi connectivity index (χ1n) is 8.61. The molecule has 3 rings (SSSR count). The Balaban J connectivity index is 1.78. The highest BCUT2D eigenvalue weighted by Gasteiger charge is 2.28. The van der Waals surface area contributed by atoms with Gasteiger partial charge in [0.2, 0.25) is 11.8 Å². The summed E-state index contributed by atoms with van der Waals surface area (Å²) >= 11 is 0. The lowest BCUT2D eigenvalue weighted by Crippen LogP contribution is -2.40. The van der Waals surface area contributed by atoms with E-state index in [1.807, 2.05) is 30.0 Å². The summed E-state index contributed by atoms with van der Waals surface area (Å²) in [6, 6.07) is 12.8. The Hall–Kier alpha value is -3.02. The van der Waals surface area contributed by atoms with Crippen molar-refractivity contribution in [2.45, 2.75) is 26.3 Å². The zero-order valence-corrected chi connectivity index (χ0v) is 15.2. The van der Waals surface area contributed by atoms with E-state index in [0.29, 0.717) is 23.7 Å². The quantitative estimate of drug-likeness (QED) is 0.867. The molecule has 0 saturated heterocycles. The fourth-order valence-corrected chi connectivity index (χ4v) is 3.20. The van der Waals surface area contributed by atoms with E-state index in [1.165, 1.54) is 12.5 Å². The maximum atomic E-state index is 12.9. The predicted molar refractivity (Wildman–Crippen MR) is 103 cm³/mol. The maximum absolute atomic E-state index is 12.9. The van der Waals surface area contributed by atoms with Gasteiger partial charge < -0.3 is 20.3 Å². The number of carbonyl (C=O) groups is 2. The highest BCUT2D eigenvalue weighted by Crippen LogP contribution is 2.31. The van der Waals surface area contributed by atoms with Gasteiger partial charge in [-0.2, -0.15) is 0 Å². The monoisotopic (exact) mass is 353 g/mol. The summed E-state index contributed by atoms with van der Waals surface area (Å²) in [6.07, 6.45) is 0.871. The number of amides is 2. The number of para-hydroxylation sites is 1. The van der Waals surface area contributed by atoms with Crippen LogP contribution in [0, 0.1) is 0 Å². The van der Waals surface area contributed by atoms with Crippen LogP contribution in [-0.4, -0.2) is 31.5 Å². The van der Waals surface area contributed by atoms with Crippen molar-refractivity contribution in [1.82, 2.24) is 0 Å². The Morgan fingerprint density at radius 3 is 2.69 bits per heavy atom. The molecule has 1 aliphatic heterocycles. The van der Waals surface area contributed by atoms with Gasteiger partial charge in [-0.25, -0.2) is 0 Å². The molecule has 2 amide bonds. The summed E-state index contributed by atoms with van der Waals surface area (Å²) in [5.74, 6) is 0.460. The van der Waals surface area contributed by atoms with E-state index in [1.54, 1.807) is 25.3 Å². The average Bonchev–Trinajstić information content (AvgIpc) is 3.05. The SMILES string of the molecule is COc1ccc(NC(C)=O)cc1N[C@H](C)C(=O)N1CCc2ccccc21. The molecule has 1 heterocycles. The molecule has 0 saturated carbocycles. The number of nitrogens with zero attached hydrogens (tertiary/aromatic N) is 1. The van der Waals surface area contributed by atoms with Gasteiger partial charge >= 0.3 is 0 Å². The molecule has 2 aromatic rings. The van der Waals surface area contributed by atoms with Gasteiger partial charge in [0.15, 0.2) is 0 Å². The third kappa shape index (κ3) is 3.64. The van der Waals surface area contributed by atoms with E-state index >= 15 is 0 Å². The van der Waals surface area contributed by atoms with Crippen molar-refractivity contribution in [3.8, 4) is 5.75 Å². The second kappa shape index (κ2) is 7.47. The summed E-state index contributed by atoms with van der Waals surface area (Å²) in [6.45, 7) is 3.97. The van der Waals surface area contributed by atoms with Crippen molar-refractivity contribution in [3.63, 3.8) is 0 Å². The fourth-order valence-electron chi connectivity index (χ4n) is 3.20. The first-order valence-corrected chi connectivity index (χ1v) is 8.61. The highest BCUT2D eigenvalue weighted by molar-refractivity contribution is 6.00. The third-order valence-corrected chi connectivity index (χ3v) is 4.42. The molecule has 0 radical (unpaired) electrons. The number of fused-ring (bicyclic) bond motifs is 1. The van der Waals surface area contributed by atoms with Gasteiger partial charge in [-0.05, 0) is 43.2 Å². The van der Waals surface area contributed by atoms with Gasteiger partial charge in [-0.1, -0.05) is 18.2 Å². The summed E-state index contributed by atoms with van der Waals surface area (Å²) in [4.78, 5) is 26.0. The van der Waals surface area contributed by atoms with Crippen molar-refractivity contribution in [2.75, 3.05) is 29.2 Å². The molecule has 1 aliphatic rings. The van der Waals surface area contributed by atoms with Crippen LogP contribution >= 0.6 is 0 Å². The molecular formula is C20H23N3O3. The Morgan fingerprint density at radius 1 is 1.19 bits per heavy atom. The molecule has 0 unspecified atom stereocenters. The Labute approximate surface area is 153 Å². The summed E-state index contributed by atoms with van der Waals surface area (Å²) in [5.41, 5.74) is 3.47. The van der Waals surface area contributed by atoms with Crippen molar-refractivity contribution in [3.05, 3.63) is 48.0 Å². The third-order valence-electron chi connectivity index (χ3n) is 4.42. The number of rotatable bonds is 5. The molecule has 2 aromatic carbocycles. The molecule has 2 N–H and O–H groups in total. The lowest BCUT2D eigenvalue weighted by Gasteiger charge is -2.24. The van der Waals surface area contributed by atoms with Crippen LogP contribution in [-0.2, 0) is 16.0 Å². The van der Waals surface area contributed by atoms with Crippen LogP contribution in [0.2, 0.25) is 0 Å². The normalized spacial score (nSPS) is 13.7. The van der Waals surface area contributed by atoms with Crippen LogP contribution in [0.15, 0.2) is 42.5 Å². The first kappa shape index (κ1) is 17.8. The summed E-state index contributed by atoms with van der Waals surface area (Å²) in [7, 11) is 1.57. The predicted octanol–water partition coefficient (Wildman–Crippen LogP) is 3.04. The number of benzene rings is 2. The van der Waals surface area contributed by atoms with E-state index < -0.39 is 6.04 Å². The van der Waals surface area contributed by atoms with E-state index in [2.05, 4.69) is 16.7 Å². The van der Waals surface area contributed by atoms with E-state index in [4.69, 9.17) is 4.74 Å². The lowest BCUT2D eigenvalue weighted by molar-refractivity contribution is -0.119. The fraction of sp³-hybridized carbons (Fsp3) is 0.300. The van der Waals surface area contributed by atoms with Crippen LogP contribution < -0.4 is 20.3 Å². The summed E-state index contributed by atoms with van der Waals surface area (Å²) < 4.78 is 5.37. The topological polar surface area (TPSA) is 70.7 Å². The lowest BCUT2D eigenvalue weighted by atomic mass is 10.2. The van der Waals surface area contributed by atoms with Gasteiger partial charge in [-0.3, -0.25) is 9.59 Å². The van der Waals surface area contributed by atoms with Gasteiger partial charge in [-0.15, -0.1) is 0 Å². The molecule has 6 nitrogen and oxygen atoms in total. The van der Waals surface area contributed by atoms with Gasteiger partial charge in [0.05, 0.1) is 12.8 Å². The minimum Gasteiger partial charge on any atom is -0.495 e. The zero-order valence-electron chi connectivity index (χ0n) is 15.2. The van der Waals surface area contributed by atoms with Crippen LogP contribution in [0.25, 0.3) is 0 Å². The average molecular weight is 353 g/mol. The maximum Gasteiger partial charge on any atom is 0.249 e. The number of hydrogen-bond acceptors (Lipinski definition) is 4. The number of nitrogens with one attached hydrogen (secondary N) is 2. The molecular weight excluding hydrogens is 330 g/mol. The second-order valence-corrected chi connectivity index (χ2v) is 6.33. The largest absolute Gasteiger partial charge is 0.495 e. The van der Waals surface area contributed by atoms with Gasteiger partial charge in [0, 0.05) is 24.8 Å². The minimum absolute atomic E-state index is 0.00179. The molecule has 0 aromatic heterocycles. The van der Waals surface area contributed by atoms with E-state index in [9.17, 15) is 9.59 Å². The van der Waals surface area contributed by atoms with Crippen molar-refractivity contribution in [2.24, 2.45) is 0 Å².